The summed E-state index contributed by atoms with van der Waals surface area (Å²) in [5.74, 6) is 6.70. The molecule has 39 heavy (non-hydrogen) atoms. The maximum absolute atomic E-state index is 12.8. The number of rotatable bonds is 7. The number of nitrogens with one attached hydrogen (secondary N) is 1. The highest BCUT2D eigenvalue weighted by molar-refractivity contribution is 6.30. The van der Waals surface area contributed by atoms with Crippen LogP contribution in [0, 0.1) is 0 Å². The summed E-state index contributed by atoms with van der Waals surface area (Å²) in [6, 6.07) is 22.6. The van der Waals surface area contributed by atoms with Crippen LogP contribution >= 0.6 is 11.6 Å². The van der Waals surface area contributed by atoms with E-state index in [1.54, 1.807) is 28.8 Å². The van der Waals surface area contributed by atoms with Crippen molar-refractivity contribution in [2.75, 3.05) is 49.2 Å². The summed E-state index contributed by atoms with van der Waals surface area (Å²) in [6.45, 7) is 5.07. The molecule has 12 heteroatoms. The first-order valence-corrected chi connectivity index (χ1v) is 13.1. The first-order valence-electron chi connectivity index (χ1n) is 12.7. The first kappa shape index (κ1) is 25.0. The van der Waals surface area contributed by atoms with Crippen LogP contribution in [0.4, 0.5) is 17.2 Å². The van der Waals surface area contributed by atoms with E-state index in [4.69, 9.17) is 17.4 Å². The maximum atomic E-state index is 12.8. The van der Waals surface area contributed by atoms with Crippen molar-refractivity contribution in [3.05, 3.63) is 83.4 Å². The van der Waals surface area contributed by atoms with Gasteiger partial charge in [-0.15, -0.1) is 5.10 Å². The Kier molecular flexibility index (Phi) is 6.93. The summed E-state index contributed by atoms with van der Waals surface area (Å²) in [4.78, 5) is 22.1. The van der Waals surface area contributed by atoms with Crippen LogP contribution in [0.2, 0.25) is 5.02 Å². The van der Waals surface area contributed by atoms with Crippen LogP contribution in [0.15, 0.2) is 72.8 Å². The van der Waals surface area contributed by atoms with Gasteiger partial charge in [0.1, 0.15) is 0 Å². The molecule has 5 aromatic rings. The second-order valence-electron chi connectivity index (χ2n) is 9.32. The molecule has 2 aromatic heterocycles. The summed E-state index contributed by atoms with van der Waals surface area (Å²) in [5.41, 5.74) is 4.28. The van der Waals surface area contributed by atoms with E-state index in [9.17, 15) is 4.79 Å². The Morgan fingerprint density at radius 2 is 1.79 bits per heavy atom. The van der Waals surface area contributed by atoms with Crippen LogP contribution in [0.25, 0.3) is 16.7 Å². The van der Waals surface area contributed by atoms with Gasteiger partial charge in [0.2, 0.25) is 5.65 Å². The molecule has 1 aliphatic heterocycles. The number of hydrogen-bond donors (Lipinski definition) is 2. The summed E-state index contributed by atoms with van der Waals surface area (Å²) in [5, 5.41) is 17.1. The molecule has 0 spiro atoms. The van der Waals surface area contributed by atoms with Gasteiger partial charge in [-0.05, 0) is 65.0 Å². The predicted molar refractivity (Wildman–Crippen MR) is 151 cm³/mol. The number of aromatic nitrogens is 5. The van der Waals surface area contributed by atoms with Gasteiger partial charge >= 0.3 is 0 Å². The maximum Gasteiger partial charge on any atom is 0.251 e. The van der Waals surface area contributed by atoms with Gasteiger partial charge in [0.15, 0.2) is 5.82 Å². The van der Waals surface area contributed by atoms with Crippen LogP contribution in [-0.4, -0.2) is 75.1 Å². The van der Waals surface area contributed by atoms with Crippen LogP contribution in [0.3, 0.4) is 0 Å². The summed E-state index contributed by atoms with van der Waals surface area (Å²) < 4.78 is 1.61. The van der Waals surface area contributed by atoms with Crippen molar-refractivity contribution in [3.8, 4) is 0 Å². The third-order valence-corrected chi connectivity index (χ3v) is 7.14. The smallest absolute Gasteiger partial charge is 0.251 e. The molecule has 6 rings (SSSR count). The van der Waals surface area contributed by atoms with E-state index in [1.165, 1.54) is 5.01 Å². The molecule has 3 aromatic carbocycles. The standard InChI is InChI=1S/C27H27ClN10O/c28-20-4-3-5-22(18-20)36-16-14-35(15-17-36)13-12-30-27(39)19-8-10-21(11-9-19)37(29)25-26-32-33-34-38(26)24-7-2-1-6-23(24)31-25/h1-11,18H,12-17,29H2,(H,30,39). The number of tetrazole rings is 1. The topological polar surface area (TPSA) is 121 Å². The zero-order chi connectivity index (χ0) is 26.8. The molecule has 0 aliphatic carbocycles. The van der Waals surface area contributed by atoms with E-state index in [1.807, 2.05) is 42.5 Å². The highest BCUT2D eigenvalue weighted by atomic mass is 35.5. The minimum absolute atomic E-state index is 0.129. The fourth-order valence-corrected chi connectivity index (χ4v) is 4.96. The van der Waals surface area contributed by atoms with E-state index >= 15 is 0 Å². The number of carbonyl (C=O) groups is 1. The van der Waals surface area contributed by atoms with Crippen LogP contribution in [0.1, 0.15) is 10.4 Å². The lowest BCUT2D eigenvalue weighted by Crippen LogP contribution is -2.48. The van der Waals surface area contributed by atoms with Crippen molar-refractivity contribution >= 4 is 51.4 Å². The average Bonchev–Trinajstić information content (AvgIpc) is 3.47. The fraction of sp³-hybridized carbons (Fsp3) is 0.222. The number of hydrogen-bond acceptors (Lipinski definition) is 9. The second-order valence-corrected chi connectivity index (χ2v) is 9.76. The van der Waals surface area contributed by atoms with Gasteiger partial charge < -0.3 is 10.2 Å². The number of piperazine rings is 1. The van der Waals surface area contributed by atoms with Crippen LogP contribution in [0.5, 0.6) is 0 Å². The number of benzene rings is 3. The summed E-state index contributed by atoms with van der Waals surface area (Å²) in [7, 11) is 0. The second kappa shape index (κ2) is 10.8. The largest absolute Gasteiger partial charge is 0.369 e. The number of hydrazine groups is 1. The molecule has 3 heterocycles. The number of halogens is 1. The van der Waals surface area contributed by atoms with E-state index in [0.717, 1.165) is 49.0 Å². The summed E-state index contributed by atoms with van der Waals surface area (Å²) >= 11 is 6.13. The molecule has 0 radical (unpaired) electrons. The van der Waals surface area contributed by atoms with Crippen LogP contribution in [-0.2, 0) is 0 Å². The molecule has 0 atom stereocenters. The van der Waals surface area contributed by atoms with E-state index < -0.39 is 0 Å². The monoisotopic (exact) mass is 542 g/mol. The highest BCUT2D eigenvalue weighted by Gasteiger charge is 2.19. The van der Waals surface area contributed by atoms with Crippen LogP contribution < -0.4 is 21.1 Å². The quantitative estimate of drug-likeness (QED) is 0.236. The van der Waals surface area contributed by atoms with Gasteiger partial charge in [-0.2, -0.15) is 4.52 Å². The fourth-order valence-electron chi connectivity index (χ4n) is 4.78. The van der Waals surface area contributed by atoms with Gasteiger partial charge in [-0.1, -0.05) is 29.8 Å². The molecule has 0 unspecified atom stereocenters. The Morgan fingerprint density at radius 1 is 1.00 bits per heavy atom. The third kappa shape index (κ3) is 5.19. The van der Waals surface area contributed by atoms with Crippen molar-refractivity contribution < 1.29 is 4.79 Å². The van der Waals surface area contributed by atoms with Gasteiger partial charge in [0.25, 0.3) is 5.91 Å². The van der Waals surface area contributed by atoms with Crippen molar-refractivity contribution in [3.63, 3.8) is 0 Å². The lowest BCUT2D eigenvalue weighted by Gasteiger charge is -2.36. The van der Waals surface area contributed by atoms with Gasteiger partial charge in [-0.3, -0.25) is 14.7 Å². The third-order valence-electron chi connectivity index (χ3n) is 6.90. The van der Waals surface area contributed by atoms with Crippen molar-refractivity contribution in [1.29, 1.82) is 0 Å². The van der Waals surface area contributed by atoms with Gasteiger partial charge in [0.05, 0.1) is 16.7 Å². The zero-order valence-corrected chi connectivity index (χ0v) is 21.9. The number of fused-ring (bicyclic) bond motifs is 3. The Labute approximate surface area is 229 Å². The molecule has 1 aliphatic rings. The minimum Gasteiger partial charge on any atom is -0.369 e. The number of carbonyl (C=O) groups excluding carboxylic acids is 1. The Morgan fingerprint density at radius 3 is 2.59 bits per heavy atom. The van der Waals surface area contributed by atoms with E-state index in [2.05, 4.69) is 41.7 Å². The number of anilines is 3. The zero-order valence-electron chi connectivity index (χ0n) is 21.1. The minimum atomic E-state index is -0.129. The van der Waals surface area contributed by atoms with Crippen molar-refractivity contribution in [2.45, 2.75) is 0 Å². The van der Waals surface area contributed by atoms with Gasteiger partial charge in [-0.25, -0.2) is 10.8 Å². The molecule has 1 saturated heterocycles. The lowest BCUT2D eigenvalue weighted by molar-refractivity contribution is 0.0948. The average molecular weight is 543 g/mol. The molecular weight excluding hydrogens is 516 g/mol. The Bertz CT molecular complexity index is 1610. The van der Waals surface area contributed by atoms with E-state index in [-0.39, 0.29) is 5.91 Å². The van der Waals surface area contributed by atoms with E-state index in [0.29, 0.717) is 34.8 Å². The molecular formula is C27H27ClN10O. The number of nitrogens with zero attached hydrogens (tertiary/aromatic N) is 8. The molecule has 3 N–H and O–H groups in total. The van der Waals surface area contributed by atoms with Crippen molar-refractivity contribution in [2.24, 2.45) is 5.84 Å². The first-order chi connectivity index (χ1) is 19.1. The number of para-hydroxylation sites is 2. The number of nitrogens with two attached hydrogens (primary N) is 1. The van der Waals surface area contributed by atoms with Gasteiger partial charge in [0, 0.05) is 55.5 Å². The predicted octanol–water partition coefficient (Wildman–Crippen LogP) is 2.89. The summed E-state index contributed by atoms with van der Waals surface area (Å²) in [6.07, 6.45) is 0. The number of amides is 1. The highest BCUT2D eigenvalue weighted by Crippen LogP contribution is 2.26. The molecule has 1 fully saturated rings. The molecule has 11 nitrogen and oxygen atoms in total. The Hall–Kier alpha value is -4.32. The molecule has 1 amide bonds. The molecule has 198 valence electrons. The Balaban J connectivity index is 1.04. The van der Waals surface area contributed by atoms with Crippen molar-refractivity contribution in [1.82, 2.24) is 35.2 Å². The normalized spacial score (nSPS) is 14.2. The molecule has 0 saturated carbocycles. The SMILES string of the molecule is NN(c1ccc(C(=O)NCCN2CCN(c3cccc(Cl)c3)CC2)cc1)c1nc2ccccc2n2nnnc12. The lowest BCUT2D eigenvalue weighted by atomic mass is 10.2. The molecule has 0 bridgehead atoms.